The summed E-state index contributed by atoms with van der Waals surface area (Å²) < 4.78 is 0. The largest absolute Gasteiger partial charge is 0.356 e. The third-order valence-corrected chi connectivity index (χ3v) is 2.23. The Labute approximate surface area is 115 Å². The highest BCUT2D eigenvalue weighted by Gasteiger charge is 2.10. The Kier molecular flexibility index (Phi) is 11.3. The summed E-state index contributed by atoms with van der Waals surface area (Å²) in [5.41, 5.74) is 0.0708. The highest BCUT2D eigenvalue weighted by molar-refractivity contribution is 14.0. The first kappa shape index (κ1) is 17.7. The van der Waals surface area contributed by atoms with E-state index in [2.05, 4.69) is 42.7 Å². The number of nitrogens with zero attached hydrogens (tertiary/aromatic N) is 1. The van der Waals surface area contributed by atoms with Gasteiger partial charge in [-0.1, -0.05) is 0 Å². The van der Waals surface area contributed by atoms with Gasteiger partial charge in [-0.15, -0.1) is 24.0 Å². The number of halogens is 1. The van der Waals surface area contributed by atoms with Crippen molar-refractivity contribution >= 4 is 41.7 Å². The van der Waals surface area contributed by atoms with Crippen LogP contribution in [0.2, 0.25) is 0 Å². The minimum atomic E-state index is 0. The van der Waals surface area contributed by atoms with Crippen molar-refractivity contribution in [3.05, 3.63) is 0 Å². The number of aliphatic imine (C=N–C) groups is 1. The van der Waals surface area contributed by atoms with Crippen LogP contribution in [0.1, 0.15) is 27.2 Å². The van der Waals surface area contributed by atoms with Gasteiger partial charge < -0.3 is 10.6 Å². The Morgan fingerprint density at radius 1 is 1.33 bits per heavy atom. The van der Waals surface area contributed by atoms with E-state index in [0.717, 1.165) is 12.5 Å². The van der Waals surface area contributed by atoms with Crippen molar-refractivity contribution < 1.29 is 0 Å². The minimum Gasteiger partial charge on any atom is -0.356 e. The molecule has 0 unspecified atom stereocenters. The van der Waals surface area contributed by atoms with Gasteiger partial charge in [-0.3, -0.25) is 4.99 Å². The number of hydrogen-bond donors (Lipinski definition) is 2. The number of rotatable bonds is 4. The van der Waals surface area contributed by atoms with Crippen molar-refractivity contribution in [2.75, 3.05) is 25.6 Å². The molecule has 92 valence electrons. The van der Waals surface area contributed by atoms with Crippen molar-refractivity contribution in [3.63, 3.8) is 0 Å². The average Bonchev–Trinajstić information content (AvgIpc) is 2.08. The van der Waals surface area contributed by atoms with Crippen molar-refractivity contribution in [1.82, 2.24) is 10.6 Å². The first-order valence-corrected chi connectivity index (χ1v) is 6.37. The van der Waals surface area contributed by atoms with Gasteiger partial charge in [0.05, 0.1) is 0 Å². The maximum absolute atomic E-state index is 4.16. The van der Waals surface area contributed by atoms with Crippen LogP contribution in [0.15, 0.2) is 4.99 Å². The zero-order valence-electron chi connectivity index (χ0n) is 10.4. The van der Waals surface area contributed by atoms with E-state index in [1.54, 1.807) is 7.05 Å². The molecule has 0 saturated carbocycles. The molecule has 0 aliphatic rings. The maximum atomic E-state index is 4.16. The van der Waals surface area contributed by atoms with Crippen LogP contribution >= 0.6 is 35.7 Å². The van der Waals surface area contributed by atoms with Crippen LogP contribution in [0.5, 0.6) is 0 Å². The van der Waals surface area contributed by atoms with E-state index in [1.165, 1.54) is 12.2 Å². The van der Waals surface area contributed by atoms with Gasteiger partial charge in [-0.05, 0) is 39.2 Å². The van der Waals surface area contributed by atoms with Gasteiger partial charge in [-0.2, -0.15) is 11.8 Å². The highest BCUT2D eigenvalue weighted by atomic mass is 127. The predicted octanol–water partition coefficient (Wildman–Crippen LogP) is 2.32. The number of nitrogens with one attached hydrogen (secondary N) is 2. The molecule has 0 bridgehead atoms. The summed E-state index contributed by atoms with van der Waals surface area (Å²) >= 11 is 1.87. The van der Waals surface area contributed by atoms with Crippen LogP contribution in [0.25, 0.3) is 0 Å². The Balaban J connectivity index is 0. The molecular weight excluding hydrogens is 321 g/mol. The van der Waals surface area contributed by atoms with E-state index in [0.29, 0.717) is 0 Å². The summed E-state index contributed by atoms with van der Waals surface area (Å²) in [7, 11) is 1.80. The van der Waals surface area contributed by atoms with Gasteiger partial charge in [0.1, 0.15) is 0 Å². The summed E-state index contributed by atoms with van der Waals surface area (Å²) in [6.45, 7) is 7.36. The van der Waals surface area contributed by atoms with E-state index in [4.69, 9.17) is 0 Å². The van der Waals surface area contributed by atoms with E-state index in [9.17, 15) is 0 Å². The third kappa shape index (κ3) is 12.3. The van der Waals surface area contributed by atoms with Crippen molar-refractivity contribution in [1.29, 1.82) is 0 Å². The van der Waals surface area contributed by atoms with Crippen molar-refractivity contribution in [2.24, 2.45) is 4.99 Å². The number of guanidine groups is 1. The first-order chi connectivity index (χ1) is 6.49. The molecular formula is C10H24IN3S. The Morgan fingerprint density at radius 3 is 2.33 bits per heavy atom. The molecule has 5 heteroatoms. The number of thioether (sulfide) groups is 1. The van der Waals surface area contributed by atoms with Crippen LogP contribution < -0.4 is 10.6 Å². The Hall–Kier alpha value is 0.350. The lowest BCUT2D eigenvalue weighted by atomic mass is 10.1. The van der Waals surface area contributed by atoms with Gasteiger partial charge in [0.2, 0.25) is 0 Å². The fraction of sp³-hybridized carbons (Fsp3) is 0.900. The molecule has 0 rings (SSSR count). The second-order valence-corrected chi connectivity index (χ2v) is 5.21. The molecule has 0 radical (unpaired) electrons. The standard InChI is InChI=1S/C10H23N3S.HI/c1-10(2,3)13-9(11-4)12-7-6-8-14-5;/h6-8H2,1-5H3,(H2,11,12,13);1H. The fourth-order valence-corrected chi connectivity index (χ4v) is 1.39. The molecule has 0 aliphatic heterocycles. The maximum Gasteiger partial charge on any atom is 0.191 e. The molecule has 0 amide bonds. The molecule has 0 saturated heterocycles. The molecule has 0 aromatic carbocycles. The normalized spacial score (nSPS) is 11.9. The molecule has 2 N–H and O–H groups in total. The molecule has 0 aromatic rings. The minimum absolute atomic E-state index is 0. The lowest BCUT2D eigenvalue weighted by Gasteiger charge is -2.23. The molecule has 0 fully saturated rings. The summed E-state index contributed by atoms with van der Waals surface area (Å²) in [4.78, 5) is 4.16. The molecule has 0 atom stereocenters. The van der Waals surface area contributed by atoms with Crippen LogP contribution in [0, 0.1) is 0 Å². The zero-order chi connectivity index (χ0) is 11.0. The van der Waals surface area contributed by atoms with Crippen LogP contribution in [-0.2, 0) is 0 Å². The SMILES string of the molecule is CN=C(NCCCSC)NC(C)(C)C.I. The van der Waals surface area contributed by atoms with Gasteiger partial charge in [0, 0.05) is 19.1 Å². The fourth-order valence-electron chi connectivity index (χ4n) is 0.958. The molecule has 3 nitrogen and oxygen atoms in total. The van der Waals surface area contributed by atoms with Crippen LogP contribution in [0.3, 0.4) is 0 Å². The quantitative estimate of drug-likeness (QED) is 0.355. The van der Waals surface area contributed by atoms with E-state index >= 15 is 0 Å². The monoisotopic (exact) mass is 345 g/mol. The zero-order valence-corrected chi connectivity index (χ0v) is 13.5. The topological polar surface area (TPSA) is 36.4 Å². The van der Waals surface area contributed by atoms with Gasteiger partial charge >= 0.3 is 0 Å². The van der Waals surface area contributed by atoms with Crippen molar-refractivity contribution in [3.8, 4) is 0 Å². The smallest absolute Gasteiger partial charge is 0.191 e. The molecule has 0 heterocycles. The molecule has 0 spiro atoms. The molecule has 15 heavy (non-hydrogen) atoms. The van der Waals surface area contributed by atoms with E-state index < -0.39 is 0 Å². The lowest BCUT2D eigenvalue weighted by Crippen LogP contribution is -2.47. The third-order valence-electron chi connectivity index (χ3n) is 1.53. The van der Waals surface area contributed by atoms with E-state index in [1.807, 2.05) is 11.8 Å². The summed E-state index contributed by atoms with van der Waals surface area (Å²) in [6.07, 6.45) is 3.30. The highest BCUT2D eigenvalue weighted by Crippen LogP contribution is 1.98. The predicted molar refractivity (Wildman–Crippen MR) is 82.7 cm³/mol. The lowest BCUT2D eigenvalue weighted by molar-refractivity contribution is 0.501. The van der Waals surface area contributed by atoms with Crippen LogP contribution in [-0.4, -0.2) is 37.1 Å². The van der Waals surface area contributed by atoms with Gasteiger partial charge in [0.25, 0.3) is 0 Å². The Bertz CT molecular complexity index is 178. The van der Waals surface area contributed by atoms with Gasteiger partial charge in [0.15, 0.2) is 5.96 Å². The second-order valence-electron chi connectivity index (χ2n) is 4.22. The second kappa shape index (κ2) is 9.57. The first-order valence-electron chi connectivity index (χ1n) is 4.97. The summed E-state index contributed by atoms with van der Waals surface area (Å²) in [5, 5.41) is 6.60. The molecule has 0 aliphatic carbocycles. The summed E-state index contributed by atoms with van der Waals surface area (Å²) in [5.74, 6) is 2.08. The Morgan fingerprint density at radius 2 is 1.93 bits per heavy atom. The number of hydrogen-bond acceptors (Lipinski definition) is 2. The van der Waals surface area contributed by atoms with E-state index in [-0.39, 0.29) is 29.5 Å². The van der Waals surface area contributed by atoms with Gasteiger partial charge in [-0.25, -0.2) is 0 Å². The molecule has 0 aromatic heterocycles. The summed E-state index contributed by atoms with van der Waals surface area (Å²) in [6, 6.07) is 0. The average molecular weight is 345 g/mol. The van der Waals surface area contributed by atoms with Crippen LogP contribution in [0.4, 0.5) is 0 Å². The van der Waals surface area contributed by atoms with Crippen molar-refractivity contribution in [2.45, 2.75) is 32.7 Å².